The van der Waals surface area contributed by atoms with Crippen molar-refractivity contribution < 1.29 is 8.78 Å². The summed E-state index contributed by atoms with van der Waals surface area (Å²) in [4.78, 5) is 1.96. The van der Waals surface area contributed by atoms with Crippen LogP contribution in [0.5, 0.6) is 0 Å². The van der Waals surface area contributed by atoms with Crippen LogP contribution in [0.1, 0.15) is 30.5 Å². The molecule has 1 rings (SSSR count). The van der Waals surface area contributed by atoms with Crippen LogP contribution < -0.4 is 5.32 Å². The number of hydrogen-bond acceptors (Lipinski definition) is 2. The molecule has 0 aromatic heterocycles. The first-order valence-electron chi connectivity index (χ1n) is 6.30. The highest BCUT2D eigenvalue weighted by atomic mass is 19.2. The maximum atomic E-state index is 14.0. The molecule has 1 N–H and O–H groups in total. The van der Waals surface area contributed by atoms with Gasteiger partial charge in [-0.15, -0.1) is 0 Å². The van der Waals surface area contributed by atoms with Gasteiger partial charge >= 0.3 is 0 Å². The molecule has 18 heavy (non-hydrogen) atoms. The van der Waals surface area contributed by atoms with Gasteiger partial charge in [-0.2, -0.15) is 0 Å². The van der Waals surface area contributed by atoms with Gasteiger partial charge in [0.25, 0.3) is 0 Å². The predicted molar refractivity (Wildman–Crippen MR) is 70.7 cm³/mol. The van der Waals surface area contributed by atoms with Gasteiger partial charge < -0.3 is 10.2 Å². The number of aryl methyl sites for hydroxylation is 1. The van der Waals surface area contributed by atoms with Crippen molar-refractivity contribution in [1.29, 1.82) is 0 Å². The van der Waals surface area contributed by atoms with E-state index in [4.69, 9.17) is 0 Å². The topological polar surface area (TPSA) is 15.3 Å². The fraction of sp³-hybridized carbons (Fsp3) is 0.571. The summed E-state index contributed by atoms with van der Waals surface area (Å²) in [5.41, 5.74) is 0.746. The lowest BCUT2D eigenvalue weighted by Gasteiger charge is -2.23. The lowest BCUT2D eigenvalue weighted by Crippen LogP contribution is -2.32. The Labute approximate surface area is 108 Å². The van der Waals surface area contributed by atoms with Crippen molar-refractivity contribution >= 4 is 0 Å². The minimum absolute atomic E-state index is 0.185. The average molecular weight is 256 g/mol. The quantitative estimate of drug-likeness (QED) is 0.842. The molecule has 1 aromatic carbocycles. The van der Waals surface area contributed by atoms with E-state index in [2.05, 4.69) is 5.32 Å². The van der Waals surface area contributed by atoms with Crippen LogP contribution >= 0.6 is 0 Å². The van der Waals surface area contributed by atoms with E-state index < -0.39 is 11.6 Å². The molecule has 0 amide bonds. The molecular formula is C14H22F2N2. The number of hydrogen-bond donors (Lipinski definition) is 1. The number of benzene rings is 1. The van der Waals surface area contributed by atoms with Gasteiger partial charge in [0.2, 0.25) is 0 Å². The molecule has 4 heteroatoms. The molecule has 102 valence electrons. The highest BCUT2D eigenvalue weighted by Crippen LogP contribution is 2.22. The summed E-state index contributed by atoms with van der Waals surface area (Å²) in [6.07, 6.45) is 0.958. The predicted octanol–water partition coefficient (Wildman–Crippen LogP) is 2.88. The van der Waals surface area contributed by atoms with Crippen LogP contribution in [0.15, 0.2) is 12.1 Å². The largest absolute Gasteiger partial charge is 0.309 e. The van der Waals surface area contributed by atoms with Gasteiger partial charge in [0.1, 0.15) is 0 Å². The van der Waals surface area contributed by atoms with Crippen molar-refractivity contribution in [2.75, 3.05) is 27.2 Å². The number of nitrogens with zero attached hydrogens (tertiary/aromatic N) is 1. The Bertz CT molecular complexity index is 392. The van der Waals surface area contributed by atoms with Gasteiger partial charge in [-0.1, -0.05) is 19.1 Å². The Balaban J connectivity index is 3.00. The molecule has 1 atom stereocenters. The zero-order valence-electron chi connectivity index (χ0n) is 11.6. The third-order valence-electron chi connectivity index (χ3n) is 2.87. The molecule has 1 unspecified atom stereocenters. The van der Waals surface area contributed by atoms with Gasteiger partial charge in [0.05, 0.1) is 0 Å². The van der Waals surface area contributed by atoms with Crippen LogP contribution in [0.3, 0.4) is 0 Å². The highest BCUT2D eigenvalue weighted by molar-refractivity contribution is 5.28. The van der Waals surface area contributed by atoms with E-state index in [9.17, 15) is 8.78 Å². The first kappa shape index (κ1) is 15.1. The standard InChI is InChI=1S/C14H22F2N2/c1-5-8-17-12(9-18(3)4)11-7-6-10(2)13(15)14(11)16/h6-7,12,17H,5,8-9H2,1-4H3. The van der Waals surface area contributed by atoms with E-state index in [1.54, 1.807) is 19.1 Å². The fourth-order valence-corrected chi connectivity index (χ4v) is 1.89. The van der Waals surface area contributed by atoms with Gasteiger partial charge in [-0.05, 0) is 39.5 Å². The zero-order valence-corrected chi connectivity index (χ0v) is 11.6. The molecule has 0 aliphatic rings. The summed E-state index contributed by atoms with van der Waals surface area (Å²) in [5, 5.41) is 3.26. The number of halogens is 2. The first-order valence-corrected chi connectivity index (χ1v) is 6.30. The minimum atomic E-state index is -0.741. The Hall–Kier alpha value is -1.00. The maximum Gasteiger partial charge on any atom is 0.163 e. The van der Waals surface area contributed by atoms with Crippen molar-refractivity contribution in [3.8, 4) is 0 Å². The minimum Gasteiger partial charge on any atom is -0.309 e. The van der Waals surface area contributed by atoms with E-state index in [1.807, 2.05) is 25.9 Å². The molecule has 2 nitrogen and oxygen atoms in total. The van der Waals surface area contributed by atoms with Crippen LogP contribution in [0.2, 0.25) is 0 Å². The molecular weight excluding hydrogens is 234 g/mol. The van der Waals surface area contributed by atoms with Gasteiger partial charge in [-0.25, -0.2) is 8.78 Å². The van der Waals surface area contributed by atoms with Crippen molar-refractivity contribution in [2.45, 2.75) is 26.3 Å². The molecule has 0 heterocycles. The van der Waals surface area contributed by atoms with Crippen LogP contribution in [-0.2, 0) is 0 Å². The second kappa shape index (κ2) is 6.81. The van der Waals surface area contributed by atoms with Crippen molar-refractivity contribution in [1.82, 2.24) is 10.2 Å². The Morgan fingerprint density at radius 3 is 2.44 bits per heavy atom. The molecule has 0 radical (unpaired) electrons. The second-order valence-electron chi connectivity index (χ2n) is 4.87. The van der Waals surface area contributed by atoms with Gasteiger partial charge in [0, 0.05) is 18.2 Å². The Morgan fingerprint density at radius 2 is 1.89 bits per heavy atom. The lowest BCUT2D eigenvalue weighted by atomic mass is 10.0. The average Bonchev–Trinajstić information content (AvgIpc) is 2.31. The number of rotatable bonds is 6. The molecule has 0 aliphatic carbocycles. The normalized spacial score (nSPS) is 13.1. The van der Waals surface area contributed by atoms with Gasteiger partial charge in [0.15, 0.2) is 11.6 Å². The van der Waals surface area contributed by atoms with Crippen LogP contribution in [-0.4, -0.2) is 32.1 Å². The Morgan fingerprint density at radius 1 is 1.22 bits per heavy atom. The van der Waals surface area contributed by atoms with Crippen LogP contribution in [0, 0.1) is 18.6 Å². The maximum absolute atomic E-state index is 14.0. The fourth-order valence-electron chi connectivity index (χ4n) is 1.89. The van der Waals surface area contributed by atoms with Crippen molar-refractivity contribution in [2.24, 2.45) is 0 Å². The number of likely N-dealkylation sites (N-methyl/N-ethyl adjacent to an activating group) is 1. The monoisotopic (exact) mass is 256 g/mol. The van der Waals surface area contributed by atoms with Gasteiger partial charge in [-0.3, -0.25) is 0 Å². The smallest absolute Gasteiger partial charge is 0.163 e. The summed E-state index contributed by atoms with van der Waals surface area (Å²) in [6.45, 7) is 5.04. The summed E-state index contributed by atoms with van der Waals surface area (Å²) >= 11 is 0. The van der Waals surface area contributed by atoms with Crippen LogP contribution in [0.25, 0.3) is 0 Å². The highest BCUT2D eigenvalue weighted by Gasteiger charge is 2.19. The lowest BCUT2D eigenvalue weighted by molar-refractivity contribution is 0.333. The summed E-state index contributed by atoms with van der Waals surface area (Å²) in [5.74, 6) is -1.47. The SMILES string of the molecule is CCCNC(CN(C)C)c1ccc(C)c(F)c1F. The van der Waals surface area contributed by atoms with E-state index in [-0.39, 0.29) is 6.04 Å². The molecule has 0 saturated carbocycles. The summed E-state index contributed by atoms with van der Waals surface area (Å²) in [7, 11) is 3.84. The molecule has 1 aromatic rings. The number of nitrogens with one attached hydrogen (secondary N) is 1. The molecule has 0 aliphatic heterocycles. The molecule has 0 spiro atoms. The third-order valence-corrected chi connectivity index (χ3v) is 2.87. The zero-order chi connectivity index (χ0) is 13.7. The summed E-state index contributed by atoms with van der Waals surface area (Å²) < 4.78 is 27.6. The van der Waals surface area contributed by atoms with Crippen molar-refractivity contribution in [3.05, 3.63) is 34.9 Å². The van der Waals surface area contributed by atoms with Crippen molar-refractivity contribution in [3.63, 3.8) is 0 Å². The second-order valence-corrected chi connectivity index (χ2v) is 4.87. The van der Waals surface area contributed by atoms with E-state index >= 15 is 0 Å². The molecule has 0 bridgehead atoms. The third kappa shape index (κ3) is 3.75. The first-order chi connectivity index (χ1) is 8.47. The Kier molecular flexibility index (Phi) is 5.69. The summed E-state index contributed by atoms with van der Waals surface area (Å²) in [6, 6.07) is 3.12. The molecule has 0 fully saturated rings. The van der Waals surface area contributed by atoms with E-state index in [0.29, 0.717) is 17.7 Å². The van der Waals surface area contributed by atoms with Crippen LogP contribution in [0.4, 0.5) is 8.78 Å². The molecule has 0 saturated heterocycles. The van der Waals surface area contributed by atoms with E-state index in [0.717, 1.165) is 13.0 Å². The van der Waals surface area contributed by atoms with E-state index in [1.165, 1.54) is 0 Å².